The summed E-state index contributed by atoms with van der Waals surface area (Å²) in [5, 5.41) is 12.9. The van der Waals surface area contributed by atoms with Crippen LogP contribution in [0.4, 0.5) is 4.79 Å². The number of aliphatic hydroxyl groups is 1. The fraction of sp³-hybridized carbons (Fsp3) is 0.824. The molecule has 4 fully saturated rings. The first kappa shape index (κ1) is 13.6. The molecule has 1 aliphatic heterocycles. The van der Waals surface area contributed by atoms with E-state index in [1.807, 2.05) is 4.90 Å². The van der Waals surface area contributed by atoms with Crippen LogP contribution in [0.1, 0.15) is 39.5 Å². The summed E-state index contributed by atoms with van der Waals surface area (Å²) in [6.45, 7) is 4.97. The van der Waals surface area contributed by atoms with Gasteiger partial charge < -0.3 is 15.3 Å². The molecule has 6 aliphatic rings. The summed E-state index contributed by atoms with van der Waals surface area (Å²) in [6, 6.07) is 0.293. The van der Waals surface area contributed by atoms with Crippen LogP contribution < -0.4 is 5.32 Å². The molecule has 4 heteroatoms. The van der Waals surface area contributed by atoms with Crippen LogP contribution in [0.3, 0.4) is 0 Å². The smallest absolute Gasteiger partial charge is 0.318 e. The zero-order valence-corrected chi connectivity index (χ0v) is 13.0. The van der Waals surface area contributed by atoms with E-state index in [4.69, 9.17) is 0 Å². The number of urea groups is 1. The van der Waals surface area contributed by atoms with Crippen LogP contribution in [0, 0.1) is 23.7 Å². The molecule has 4 nitrogen and oxygen atoms in total. The Morgan fingerprint density at radius 2 is 2.10 bits per heavy atom. The molecule has 3 saturated carbocycles. The standard InChI is InChI=1S/C17H26N2O2/c1-10(2)7-17(9-20)8-19(16(21)18-17)15-6-14-11-3-12(14)5-13(15)4-11/h6,10-13,15,20H,3-5,7-9H2,1-2H3,(H,18,21). The predicted octanol–water partition coefficient (Wildman–Crippen LogP) is 2.14. The first-order valence-corrected chi connectivity index (χ1v) is 8.42. The van der Waals surface area contributed by atoms with Gasteiger partial charge in [0.2, 0.25) is 0 Å². The van der Waals surface area contributed by atoms with Crippen molar-refractivity contribution in [3.8, 4) is 0 Å². The third kappa shape index (κ3) is 1.95. The van der Waals surface area contributed by atoms with Crippen LogP contribution in [-0.4, -0.2) is 40.8 Å². The van der Waals surface area contributed by atoms with Crippen molar-refractivity contribution < 1.29 is 9.90 Å². The molecular weight excluding hydrogens is 264 g/mol. The number of carbonyl (C=O) groups is 1. The minimum absolute atomic E-state index is 0.0211. The first-order valence-electron chi connectivity index (χ1n) is 8.42. The molecule has 1 saturated heterocycles. The highest BCUT2D eigenvalue weighted by molar-refractivity contribution is 5.79. The number of aliphatic hydroxyl groups excluding tert-OH is 1. The molecule has 4 unspecified atom stereocenters. The third-order valence-corrected chi connectivity index (χ3v) is 6.10. The van der Waals surface area contributed by atoms with Gasteiger partial charge in [0.1, 0.15) is 0 Å². The Morgan fingerprint density at radius 1 is 1.38 bits per heavy atom. The van der Waals surface area contributed by atoms with Crippen LogP contribution >= 0.6 is 0 Å². The van der Waals surface area contributed by atoms with Gasteiger partial charge in [0.15, 0.2) is 0 Å². The van der Waals surface area contributed by atoms with Gasteiger partial charge in [0.25, 0.3) is 0 Å². The fourth-order valence-electron chi connectivity index (χ4n) is 5.34. The largest absolute Gasteiger partial charge is 0.394 e. The second kappa shape index (κ2) is 4.48. The van der Waals surface area contributed by atoms with Crippen LogP contribution in [0.25, 0.3) is 0 Å². The Hall–Kier alpha value is -1.03. The van der Waals surface area contributed by atoms with Crippen LogP contribution in [0.5, 0.6) is 0 Å². The molecule has 5 aliphatic carbocycles. The van der Waals surface area contributed by atoms with Gasteiger partial charge in [-0.2, -0.15) is 0 Å². The molecular formula is C17H26N2O2. The molecule has 6 rings (SSSR count). The monoisotopic (exact) mass is 290 g/mol. The van der Waals surface area contributed by atoms with Gasteiger partial charge in [-0.3, -0.25) is 0 Å². The van der Waals surface area contributed by atoms with Gasteiger partial charge in [0.05, 0.1) is 18.2 Å². The number of nitrogens with one attached hydrogen (secondary N) is 1. The molecule has 2 amide bonds. The maximum atomic E-state index is 12.5. The highest BCUT2D eigenvalue weighted by atomic mass is 16.3. The molecule has 4 bridgehead atoms. The van der Waals surface area contributed by atoms with Crippen LogP contribution in [-0.2, 0) is 0 Å². The lowest BCUT2D eigenvalue weighted by atomic mass is 9.52. The number of nitrogens with zero attached hydrogens (tertiary/aromatic N) is 1. The lowest BCUT2D eigenvalue weighted by Crippen LogP contribution is -2.53. The van der Waals surface area contributed by atoms with Gasteiger partial charge in [-0.15, -0.1) is 0 Å². The molecule has 2 N–H and O–H groups in total. The maximum absolute atomic E-state index is 12.5. The fourth-order valence-corrected chi connectivity index (χ4v) is 5.34. The van der Waals surface area contributed by atoms with Gasteiger partial charge >= 0.3 is 6.03 Å². The van der Waals surface area contributed by atoms with Crippen molar-refractivity contribution in [1.29, 1.82) is 0 Å². The van der Waals surface area contributed by atoms with E-state index in [1.54, 1.807) is 5.57 Å². The summed E-state index contributed by atoms with van der Waals surface area (Å²) >= 11 is 0. The first-order chi connectivity index (χ1) is 10.0. The molecule has 0 aromatic heterocycles. The Bertz CT molecular complexity index is 487. The molecule has 0 aromatic rings. The number of allylic oxidation sites excluding steroid dienone is 1. The van der Waals surface area contributed by atoms with Crippen molar-refractivity contribution in [3.05, 3.63) is 11.6 Å². The van der Waals surface area contributed by atoms with Gasteiger partial charge in [-0.25, -0.2) is 4.79 Å². The van der Waals surface area contributed by atoms with E-state index in [-0.39, 0.29) is 18.7 Å². The highest BCUT2D eigenvalue weighted by Crippen LogP contribution is 2.58. The van der Waals surface area contributed by atoms with Crippen molar-refractivity contribution in [2.45, 2.75) is 51.1 Å². The summed E-state index contributed by atoms with van der Waals surface area (Å²) in [5.74, 6) is 2.76. The maximum Gasteiger partial charge on any atom is 0.318 e. The van der Waals surface area contributed by atoms with Crippen molar-refractivity contribution in [1.82, 2.24) is 10.2 Å². The number of hydrogen-bond acceptors (Lipinski definition) is 2. The predicted molar refractivity (Wildman–Crippen MR) is 80.7 cm³/mol. The quantitative estimate of drug-likeness (QED) is 0.779. The molecule has 1 heterocycles. The topological polar surface area (TPSA) is 52.6 Å². The zero-order chi connectivity index (χ0) is 14.8. The average Bonchev–Trinajstić information content (AvgIpc) is 2.76. The normalized spacial score (nSPS) is 43.9. The second-order valence-electron chi connectivity index (χ2n) is 8.11. The molecule has 116 valence electrons. The molecule has 21 heavy (non-hydrogen) atoms. The molecule has 0 aromatic carbocycles. The summed E-state index contributed by atoms with van der Waals surface area (Å²) in [7, 11) is 0. The van der Waals surface area contributed by atoms with E-state index in [9.17, 15) is 9.90 Å². The number of fused-ring (bicyclic) bond motifs is 1. The van der Waals surface area contributed by atoms with E-state index in [1.165, 1.54) is 19.3 Å². The Balaban J connectivity index is 1.55. The average molecular weight is 290 g/mol. The van der Waals surface area contributed by atoms with Crippen LogP contribution in [0.2, 0.25) is 0 Å². The minimum Gasteiger partial charge on any atom is -0.394 e. The Kier molecular flexibility index (Phi) is 2.91. The second-order valence-corrected chi connectivity index (χ2v) is 8.11. The van der Waals surface area contributed by atoms with E-state index < -0.39 is 5.54 Å². The van der Waals surface area contributed by atoms with Gasteiger partial charge in [0, 0.05) is 6.54 Å². The lowest BCUT2D eigenvalue weighted by molar-refractivity contribution is 0.0663. The summed E-state index contributed by atoms with van der Waals surface area (Å²) in [5.41, 5.74) is 1.18. The van der Waals surface area contributed by atoms with Crippen molar-refractivity contribution in [3.63, 3.8) is 0 Å². The van der Waals surface area contributed by atoms with Crippen molar-refractivity contribution in [2.24, 2.45) is 23.7 Å². The lowest BCUT2D eigenvalue weighted by Gasteiger charge is -2.55. The molecule has 0 radical (unpaired) electrons. The molecule has 0 spiro atoms. The van der Waals surface area contributed by atoms with Crippen molar-refractivity contribution >= 4 is 6.03 Å². The highest BCUT2D eigenvalue weighted by Gasteiger charge is 2.53. The minimum atomic E-state index is -0.441. The summed E-state index contributed by atoms with van der Waals surface area (Å²) < 4.78 is 0. The number of amides is 2. The number of rotatable bonds is 4. The van der Waals surface area contributed by atoms with Crippen LogP contribution in [0.15, 0.2) is 11.6 Å². The number of carbonyl (C=O) groups excluding carboxylic acids is 1. The molecule has 4 atom stereocenters. The SMILES string of the molecule is CC(C)CC1(CO)CN(C2C=C3C4CC3CC2C4)C(=O)N1. The zero-order valence-electron chi connectivity index (χ0n) is 13.0. The van der Waals surface area contributed by atoms with Crippen molar-refractivity contribution in [2.75, 3.05) is 13.2 Å². The Labute approximate surface area is 126 Å². The third-order valence-electron chi connectivity index (χ3n) is 6.10. The summed E-state index contributed by atoms with van der Waals surface area (Å²) in [4.78, 5) is 14.5. The van der Waals surface area contributed by atoms with Gasteiger partial charge in [-0.1, -0.05) is 25.5 Å². The van der Waals surface area contributed by atoms with Gasteiger partial charge in [-0.05, 0) is 49.4 Å². The Morgan fingerprint density at radius 3 is 2.62 bits per heavy atom. The summed E-state index contributed by atoms with van der Waals surface area (Å²) in [6.07, 6.45) is 7.15. The number of hydrogen-bond donors (Lipinski definition) is 2. The van der Waals surface area contributed by atoms with E-state index in [0.29, 0.717) is 18.4 Å². The van der Waals surface area contributed by atoms with E-state index in [2.05, 4.69) is 25.2 Å². The van der Waals surface area contributed by atoms with E-state index >= 15 is 0 Å². The van der Waals surface area contributed by atoms with E-state index in [0.717, 1.165) is 18.3 Å².